The van der Waals surface area contributed by atoms with E-state index >= 15 is 0 Å². The van der Waals surface area contributed by atoms with Crippen molar-refractivity contribution in [2.45, 2.75) is 39.3 Å². The first kappa shape index (κ1) is 22.8. The summed E-state index contributed by atoms with van der Waals surface area (Å²) < 4.78 is 1.59. The maximum atomic E-state index is 12.1. The number of aromatic nitrogens is 4. The Morgan fingerprint density at radius 3 is 2.77 bits per heavy atom. The minimum Gasteiger partial charge on any atom is -0.352 e. The number of anilines is 4. The molecule has 2 N–H and O–H groups in total. The van der Waals surface area contributed by atoms with Crippen LogP contribution in [0.1, 0.15) is 29.7 Å². The lowest BCUT2D eigenvalue weighted by atomic mass is 10.2. The second-order valence-corrected chi connectivity index (χ2v) is 9.41. The Kier molecular flexibility index (Phi) is 6.10. The maximum absolute atomic E-state index is 12.1. The smallest absolute Gasteiger partial charge is 0.243 e. The van der Waals surface area contributed by atoms with Gasteiger partial charge in [-0.1, -0.05) is 12.1 Å². The number of fused-ring (bicyclic) bond motifs is 1. The van der Waals surface area contributed by atoms with Crippen LogP contribution in [0.3, 0.4) is 0 Å². The maximum Gasteiger partial charge on any atom is 0.243 e. The number of hydrogen-bond donors (Lipinski definition) is 2. The number of hydrogen-bond acceptors (Lipinski definition) is 7. The molecule has 0 atom stereocenters. The molecule has 3 aromatic rings. The van der Waals surface area contributed by atoms with Gasteiger partial charge in [-0.3, -0.25) is 14.3 Å². The van der Waals surface area contributed by atoms with E-state index in [1.54, 1.807) is 31.2 Å². The van der Waals surface area contributed by atoms with Gasteiger partial charge in [0.05, 0.1) is 11.9 Å². The van der Waals surface area contributed by atoms with Crippen LogP contribution in [0.4, 0.5) is 23.1 Å². The third kappa shape index (κ3) is 5.26. The van der Waals surface area contributed by atoms with Crippen molar-refractivity contribution in [3.8, 4) is 0 Å². The van der Waals surface area contributed by atoms with Crippen molar-refractivity contribution in [1.29, 1.82) is 0 Å². The third-order valence-corrected chi connectivity index (χ3v) is 6.32. The summed E-state index contributed by atoms with van der Waals surface area (Å²) in [6.07, 6.45) is 6.30. The Bertz CT molecular complexity index is 1260. The highest BCUT2D eigenvalue weighted by molar-refractivity contribution is 5.94. The van der Waals surface area contributed by atoms with Gasteiger partial charge in [0, 0.05) is 56.2 Å². The van der Waals surface area contributed by atoms with Gasteiger partial charge in [0.1, 0.15) is 12.4 Å². The van der Waals surface area contributed by atoms with Gasteiger partial charge < -0.3 is 20.4 Å². The lowest BCUT2D eigenvalue weighted by Gasteiger charge is -2.20. The molecule has 3 heterocycles. The van der Waals surface area contributed by atoms with Crippen LogP contribution in [-0.4, -0.2) is 57.1 Å². The zero-order valence-electron chi connectivity index (χ0n) is 20.3. The standard InChI is InChI=1S/C25H30N8O2/c1-16-21-9-10-32(13-17-5-4-6-19(11-17)28-24(35)18-7-8-18)23(21)30-25(27-16)29-20-12-26-33(14-20)15-22(34)31(2)3/h4-6,11-12,14,18H,7-10,13,15H2,1-3H3,(H,28,35)(H,27,29,30). The first-order valence-electron chi connectivity index (χ1n) is 11.9. The summed E-state index contributed by atoms with van der Waals surface area (Å²) in [5, 5.41) is 10.5. The first-order chi connectivity index (χ1) is 16.9. The highest BCUT2D eigenvalue weighted by Crippen LogP contribution is 2.32. The van der Waals surface area contributed by atoms with E-state index in [0.717, 1.165) is 59.8 Å². The number of benzene rings is 1. The SMILES string of the molecule is Cc1nc(Nc2cnn(CC(=O)N(C)C)c2)nc2c1CCN2Cc1cccc(NC(=O)C2CC2)c1. The Labute approximate surface area is 204 Å². The Hall–Kier alpha value is -3.95. The number of rotatable bonds is 8. The summed E-state index contributed by atoms with van der Waals surface area (Å²) in [6, 6.07) is 8.02. The van der Waals surface area contributed by atoms with Crippen LogP contribution >= 0.6 is 0 Å². The van der Waals surface area contributed by atoms with Crippen LogP contribution in [-0.2, 0) is 29.1 Å². The predicted octanol–water partition coefficient (Wildman–Crippen LogP) is 2.72. The average molecular weight is 475 g/mol. The molecule has 0 spiro atoms. The predicted molar refractivity (Wildman–Crippen MR) is 134 cm³/mol. The van der Waals surface area contributed by atoms with E-state index in [-0.39, 0.29) is 24.3 Å². The van der Waals surface area contributed by atoms with E-state index in [1.807, 2.05) is 25.1 Å². The molecular weight excluding hydrogens is 444 g/mol. The van der Waals surface area contributed by atoms with Crippen molar-refractivity contribution in [1.82, 2.24) is 24.6 Å². The molecule has 1 aliphatic heterocycles. The third-order valence-electron chi connectivity index (χ3n) is 6.32. The van der Waals surface area contributed by atoms with Crippen LogP contribution in [0.15, 0.2) is 36.7 Å². The first-order valence-corrected chi connectivity index (χ1v) is 11.9. The molecule has 10 nitrogen and oxygen atoms in total. The topological polar surface area (TPSA) is 108 Å². The van der Waals surface area contributed by atoms with E-state index in [4.69, 9.17) is 4.98 Å². The molecule has 2 amide bonds. The molecular formula is C25H30N8O2. The number of carbonyl (C=O) groups excluding carboxylic acids is 2. The largest absolute Gasteiger partial charge is 0.352 e. The molecule has 2 aromatic heterocycles. The second kappa shape index (κ2) is 9.36. The number of nitrogens with one attached hydrogen (secondary N) is 2. The number of carbonyl (C=O) groups is 2. The lowest BCUT2D eigenvalue weighted by Crippen LogP contribution is -2.26. The fraction of sp³-hybridized carbons (Fsp3) is 0.400. The van der Waals surface area contributed by atoms with E-state index < -0.39 is 0 Å². The summed E-state index contributed by atoms with van der Waals surface area (Å²) >= 11 is 0. The van der Waals surface area contributed by atoms with Crippen LogP contribution in [0.25, 0.3) is 0 Å². The molecule has 1 fully saturated rings. The number of likely N-dealkylation sites (N-methyl/N-ethyl adjacent to an activating group) is 1. The summed E-state index contributed by atoms with van der Waals surface area (Å²) in [5.74, 6) is 1.67. The minimum atomic E-state index is -0.0314. The van der Waals surface area contributed by atoms with E-state index in [2.05, 4.69) is 31.7 Å². The molecule has 0 saturated heterocycles. The molecule has 5 rings (SSSR count). The highest BCUT2D eigenvalue weighted by Gasteiger charge is 2.29. The van der Waals surface area contributed by atoms with E-state index in [0.29, 0.717) is 12.5 Å². The van der Waals surface area contributed by atoms with Gasteiger partial charge >= 0.3 is 0 Å². The minimum absolute atomic E-state index is 0.0314. The van der Waals surface area contributed by atoms with Crippen molar-refractivity contribution < 1.29 is 9.59 Å². The highest BCUT2D eigenvalue weighted by atomic mass is 16.2. The zero-order chi connectivity index (χ0) is 24.5. The molecule has 0 unspecified atom stereocenters. The summed E-state index contributed by atoms with van der Waals surface area (Å²) in [7, 11) is 3.44. The van der Waals surface area contributed by atoms with Crippen molar-refractivity contribution in [3.63, 3.8) is 0 Å². The van der Waals surface area contributed by atoms with Crippen molar-refractivity contribution >= 4 is 35.0 Å². The number of amides is 2. The Morgan fingerprint density at radius 1 is 1.17 bits per heavy atom. The second-order valence-electron chi connectivity index (χ2n) is 9.41. The number of aryl methyl sites for hydroxylation is 1. The van der Waals surface area contributed by atoms with Gasteiger partial charge in [0.2, 0.25) is 17.8 Å². The Balaban J connectivity index is 1.29. The van der Waals surface area contributed by atoms with Crippen molar-refractivity contribution in [2.24, 2.45) is 5.92 Å². The fourth-order valence-electron chi connectivity index (χ4n) is 4.18. The molecule has 182 valence electrons. The van der Waals surface area contributed by atoms with Crippen molar-refractivity contribution in [2.75, 3.05) is 36.2 Å². The molecule has 35 heavy (non-hydrogen) atoms. The van der Waals surface area contributed by atoms with E-state index in [1.165, 1.54) is 4.90 Å². The molecule has 0 radical (unpaired) electrons. The summed E-state index contributed by atoms with van der Waals surface area (Å²) in [4.78, 5) is 37.3. The quantitative estimate of drug-likeness (QED) is 0.517. The van der Waals surface area contributed by atoms with Crippen LogP contribution in [0.2, 0.25) is 0 Å². The Morgan fingerprint density at radius 2 is 2.00 bits per heavy atom. The molecule has 10 heteroatoms. The van der Waals surface area contributed by atoms with Crippen molar-refractivity contribution in [3.05, 3.63) is 53.5 Å². The monoisotopic (exact) mass is 474 g/mol. The van der Waals surface area contributed by atoms with Gasteiger partial charge in [-0.15, -0.1) is 0 Å². The average Bonchev–Trinajstić information content (AvgIpc) is 3.47. The molecule has 1 saturated carbocycles. The van der Waals surface area contributed by atoms with Gasteiger partial charge in [-0.05, 0) is 43.9 Å². The van der Waals surface area contributed by atoms with Gasteiger partial charge in [0.15, 0.2) is 0 Å². The molecule has 1 aliphatic carbocycles. The molecule has 1 aromatic carbocycles. The fourth-order valence-corrected chi connectivity index (χ4v) is 4.18. The van der Waals surface area contributed by atoms with Crippen LogP contribution in [0, 0.1) is 12.8 Å². The summed E-state index contributed by atoms with van der Waals surface area (Å²) in [5.41, 5.74) is 4.77. The van der Waals surface area contributed by atoms with Gasteiger partial charge in [-0.2, -0.15) is 10.1 Å². The lowest BCUT2D eigenvalue weighted by molar-refractivity contribution is -0.129. The summed E-state index contributed by atoms with van der Waals surface area (Å²) in [6.45, 7) is 3.73. The number of nitrogens with zero attached hydrogens (tertiary/aromatic N) is 6. The van der Waals surface area contributed by atoms with Crippen LogP contribution in [0.5, 0.6) is 0 Å². The van der Waals surface area contributed by atoms with Gasteiger partial charge in [-0.25, -0.2) is 4.98 Å². The van der Waals surface area contributed by atoms with E-state index in [9.17, 15) is 9.59 Å². The van der Waals surface area contributed by atoms with Gasteiger partial charge in [0.25, 0.3) is 0 Å². The molecule has 2 aliphatic rings. The molecule has 0 bridgehead atoms. The van der Waals surface area contributed by atoms with Crippen LogP contribution < -0.4 is 15.5 Å². The normalized spacial score (nSPS) is 14.5. The zero-order valence-corrected chi connectivity index (χ0v) is 20.3.